The van der Waals surface area contributed by atoms with Gasteiger partial charge in [0.2, 0.25) is 0 Å². The summed E-state index contributed by atoms with van der Waals surface area (Å²) < 4.78 is 4.73. The lowest BCUT2D eigenvalue weighted by Gasteiger charge is -2.19. The lowest BCUT2D eigenvalue weighted by molar-refractivity contribution is -0.123. The maximum absolute atomic E-state index is 11.1. The number of cyclic esters (lactones) is 1. The number of nitrogens with zero attached hydrogens (tertiary/aromatic N) is 1. The minimum absolute atomic E-state index is 0.156. The molecule has 1 aliphatic rings. The van der Waals surface area contributed by atoms with E-state index < -0.39 is 12.0 Å². The molecule has 1 fully saturated rings. The quantitative estimate of drug-likeness (QED) is 0.557. The molecular formula is C9H11NO3. The van der Waals surface area contributed by atoms with E-state index in [4.69, 9.17) is 11.2 Å². The van der Waals surface area contributed by atoms with Gasteiger partial charge in [-0.1, -0.05) is 13.8 Å². The van der Waals surface area contributed by atoms with Gasteiger partial charge in [0.1, 0.15) is 6.61 Å². The molecule has 0 aromatic heterocycles. The van der Waals surface area contributed by atoms with E-state index in [0.717, 1.165) is 4.90 Å². The minimum Gasteiger partial charge on any atom is -0.447 e. The van der Waals surface area contributed by atoms with Gasteiger partial charge in [-0.05, 0) is 11.8 Å². The maximum Gasteiger partial charge on any atom is 0.417 e. The third kappa shape index (κ3) is 1.64. The molecule has 1 saturated heterocycles. The first-order valence-electron chi connectivity index (χ1n) is 4.04. The fraction of sp³-hybridized carbons (Fsp3) is 0.556. The second-order valence-corrected chi connectivity index (χ2v) is 3.21. The van der Waals surface area contributed by atoms with Crippen molar-refractivity contribution in [1.29, 1.82) is 0 Å². The molecule has 0 aromatic rings. The van der Waals surface area contributed by atoms with Gasteiger partial charge in [-0.25, -0.2) is 9.69 Å². The van der Waals surface area contributed by atoms with Crippen molar-refractivity contribution in [2.75, 3.05) is 6.61 Å². The minimum atomic E-state index is -0.637. The SMILES string of the molecule is C#CC(=O)N1C(=O)OC[C@@H]1C(C)C. The number of carbonyl (C=O) groups is 2. The largest absolute Gasteiger partial charge is 0.447 e. The zero-order valence-corrected chi connectivity index (χ0v) is 7.61. The van der Waals surface area contributed by atoms with Crippen molar-refractivity contribution in [2.24, 2.45) is 5.92 Å². The molecule has 0 spiro atoms. The van der Waals surface area contributed by atoms with E-state index in [0.29, 0.717) is 0 Å². The molecule has 0 bridgehead atoms. The maximum atomic E-state index is 11.1. The summed E-state index contributed by atoms with van der Waals surface area (Å²) in [5, 5.41) is 0. The van der Waals surface area contributed by atoms with Crippen molar-refractivity contribution in [3.05, 3.63) is 0 Å². The predicted octanol–water partition coefficient (Wildman–Crippen LogP) is 0.623. The lowest BCUT2D eigenvalue weighted by atomic mass is 10.0. The van der Waals surface area contributed by atoms with Gasteiger partial charge in [0.25, 0.3) is 0 Å². The van der Waals surface area contributed by atoms with E-state index in [1.165, 1.54) is 0 Å². The van der Waals surface area contributed by atoms with Crippen LogP contribution in [0.3, 0.4) is 0 Å². The first kappa shape index (κ1) is 9.59. The van der Waals surface area contributed by atoms with Gasteiger partial charge in [-0.15, -0.1) is 6.42 Å². The Hall–Kier alpha value is -1.50. The third-order valence-electron chi connectivity index (χ3n) is 2.02. The molecular weight excluding hydrogens is 170 g/mol. The van der Waals surface area contributed by atoms with Crippen molar-refractivity contribution < 1.29 is 14.3 Å². The molecule has 0 aliphatic carbocycles. The third-order valence-corrected chi connectivity index (χ3v) is 2.02. The molecule has 0 radical (unpaired) electrons. The van der Waals surface area contributed by atoms with Crippen LogP contribution in [0.2, 0.25) is 0 Å². The summed E-state index contributed by atoms with van der Waals surface area (Å²) in [6.07, 6.45) is 4.29. The number of rotatable bonds is 1. The molecule has 70 valence electrons. The normalized spacial score (nSPS) is 21.5. The Labute approximate surface area is 76.8 Å². The highest BCUT2D eigenvalue weighted by Gasteiger charge is 2.38. The van der Waals surface area contributed by atoms with Crippen LogP contribution in [0.4, 0.5) is 4.79 Å². The highest BCUT2D eigenvalue weighted by atomic mass is 16.6. The van der Waals surface area contributed by atoms with Gasteiger partial charge in [0.15, 0.2) is 0 Å². The Bertz CT molecular complexity index is 277. The first-order valence-corrected chi connectivity index (χ1v) is 4.04. The van der Waals surface area contributed by atoms with Crippen molar-refractivity contribution in [3.8, 4) is 12.3 Å². The van der Waals surface area contributed by atoms with Crippen LogP contribution in [0.25, 0.3) is 0 Å². The Balaban J connectivity index is 2.84. The molecule has 1 atom stereocenters. The topological polar surface area (TPSA) is 46.6 Å². The summed E-state index contributed by atoms with van der Waals surface area (Å²) >= 11 is 0. The summed E-state index contributed by atoms with van der Waals surface area (Å²) in [5.74, 6) is 1.44. The van der Waals surface area contributed by atoms with Gasteiger partial charge >= 0.3 is 12.0 Å². The lowest BCUT2D eigenvalue weighted by Crippen LogP contribution is -2.41. The number of hydrogen-bond acceptors (Lipinski definition) is 3. The molecule has 0 saturated carbocycles. The first-order chi connectivity index (χ1) is 6.07. The van der Waals surface area contributed by atoms with Crippen molar-refractivity contribution >= 4 is 12.0 Å². The van der Waals surface area contributed by atoms with Crippen LogP contribution in [0.1, 0.15) is 13.8 Å². The number of carbonyl (C=O) groups excluding carboxylic acids is 2. The number of hydrogen-bond donors (Lipinski definition) is 0. The van der Waals surface area contributed by atoms with E-state index in [2.05, 4.69) is 0 Å². The standard InChI is InChI=1S/C9H11NO3/c1-4-8(11)10-7(6(2)3)5-13-9(10)12/h1,6-7H,5H2,2-3H3/t7-/m1/s1. The molecule has 0 unspecified atom stereocenters. The molecule has 1 rings (SSSR count). The number of amides is 2. The van der Waals surface area contributed by atoms with Crippen LogP contribution in [0.5, 0.6) is 0 Å². The van der Waals surface area contributed by atoms with Gasteiger partial charge in [-0.3, -0.25) is 4.79 Å². The molecule has 0 aromatic carbocycles. The van der Waals surface area contributed by atoms with E-state index >= 15 is 0 Å². The number of imide groups is 1. The monoisotopic (exact) mass is 181 g/mol. The highest BCUT2D eigenvalue weighted by Crippen LogP contribution is 2.19. The molecule has 4 heteroatoms. The van der Waals surface area contributed by atoms with E-state index in [1.807, 2.05) is 19.8 Å². The van der Waals surface area contributed by atoms with Gasteiger partial charge in [-0.2, -0.15) is 0 Å². The zero-order valence-electron chi connectivity index (χ0n) is 7.61. The summed E-state index contributed by atoms with van der Waals surface area (Å²) in [6, 6.07) is -0.226. The highest BCUT2D eigenvalue weighted by molar-refractivity contribution is 6.03. The number of ether oxygens (including phenoxy) is 1. The Kier molecular flexibility index (Phi) is 2.57. The Morgan fingerprint density at radius 2 is 2.38 bits per heavy atom. The van der Waals surface area contributed by atoms with Crippen LogP contribution < -0.4 is 0 Å². The van der Waals surface area contributed by atoms with Crippen LogP contribution in [0.15, 0.2) is 0 Å². The molecule has 0 N–H and O–H groups in total. The summed E-state index contributed by atoms with van der Waals surface area (Å²) in [4.78, 5) is 23.2. The fourth-order valence-corrected chi connectivity index (χ4v) is 1.23. The average molecular weight is 181 g/mol. The summed E-state index contributed by atoms with van der Waals surface area (Å²) in [7, 11) is 0. The molecule has 1 aliphatic heterocycles. The van der Waals surface area contributed by atoms with E-state index in [1.54, 1.807) is 0 Å². The van der Waals surface area contributed by atoms with E-state index in [9.17, 15) is 9.59 Å². The molecule has 1 heterocycles. The second-order valence-electron chi connectivity index (χ2n) is 3.21. The fourth-order valence-electron chi connectivity index (χ4n) is 1.23. The summed E-state index contributed by atoms with van der Waals surface area (Å²) in [6.45, 7) is 4.05. The zero-order chi connectivity index (χ0) is 10.0. The molecule has 4 nitrogen and oxygen atoms in total. The second kappa shape index (κ2) is 3.48. The van der Waals surface area contributed by atoms with Crippen LogP contribution >= 0.6 is 0 Å². The van der Waals surface area contributed by atoms with Gasteiger partial charge in [0.05, 0.1) is 6.04 Å². The predicted molar refractivity (Wildman–Crippen MR) is 45.7 cm³/mol. The number of terminal acetylenes is 1. The molecule has 13 heavy (non-hydrogen) atoms. The van der Waals surface area contributed by atoms with E-state index in [-0.39, 0.29) is 18.6 Å². The van der Waals surface area contributed by atoms with Crippen molar-refractivity contribution in [3.63, 3.8) is 0 Å². The summed E-state index contributed by atoms with van der Waals surface area (Å²) in [5.41, 5.74) is 0. The van der Waals surface area contributed by atoms with Crippen LogP contribution in [-0.2, 0) is 9.53 Å². The Morgan fingerprint density at radius 3 is 2.85 bits per heavy atom. The van der Waals surface area contributed by atoms with Crippen LogP contribution in [0, 0.1) is 18.3 Å². The smallest absolute Gasteiger partial charge is 0.417 e. The molecule has 2 amide bonds. The van der Waals surface area contributed by atoms with Crippen molar-refractivity contribution in [1.82, 2.24) is 4.90 Å². The average Bonchev–Trinajstić information content (AvgIpc) is 2.46. The van der Waals surface area contributed by atoms with Gasteiger partial charge in [0, 0.05) is 0 Å². The van der Waals surface area contributed by atoms with Gasteiger partial charge < -0.3 is 4.74 Å². The Morgan fingerprint density at radius 1 is 1.77 bits per heavy atom. The van der Waals surface area contributed by atoms with Crippen molar-refractivity contribution in [2.45, 2.75) is 19.9 Å². The van der Waals surface area contributed by atoms with Crippen LogP contribution in [-0.4, -0.2) is 29.5 Å².